The third kappa shape index (κ3) is 10.6. The van der Waals surface area contributed by atoms with Gasteiger partial charge in [0.2, 0.25) is 5.91 Å². The Morgan fingerprint density at radius 2 is 1.35 bits per heavy atom. The summed E-state index contributed by atoms with van der Waals surface area (Å²) in [7, 11) is 3.59. The number of hydrogen-bond donors (Lipinski definition) is 0. The molecule has 0 bridgehead atoms. The van der Waals surface area contributed by atoms with E-state index in [1.807, 2.05) is 0 Å². The van der Waals surface area contributed by atoms with Crippen LogP contribution in [0.4, 0.5) is 0 Å². The number of allylic oxidation sites excluding steroid dienone is 5. The third-order valence-electron chi connectivity index (χ3n) is 3.25. The molecule has 0 N–H and O–H groups in total. The topological polar surface area (TPSA) is 20.3 Å². The van der Waals surface area contributed by atoms with E-state index in [0.29, 0.717) is 6.42 Å². The highest BCUT2D eigenvalue weighted by Crippen LogP contribution is 2.11. The van der Waals surface area contributed by atoms with Crippen molar-refractivity contribution in [2.45, 2.75) is 59.8 Å². The second kappa shape index (κ2) is 10.5. The molecule has 0 aromatic carbocycles. The lowest BCUT2D eigenvalue weighted by atomic mass is 10.1. The summed E-state index contributed by atoms with van der Waals surface area (Å²) in [6.07, 6.45) is 11.6. The fourth-order valence-electron chi connectivity index (χ4n) is 1.78. The van der Waals surface area contributed by atoms with Gasteiger partial charge in [0.15, 0.2) is 0 Å². The van der Waals surface area contributed by atoms with Gasteiger partial charge in [0.1, 0.15) is 0 Å². The second-order valence-electron chi connectivity index (χ2n) is 5.95. The van der Waals surface area contributed by atoms with Gasteiger partial charge in [-0.05, 0) is 53.4 Å². The number of amides is 1. The molecule has 0 aliphatic carbocycles. The summed E-state index contributed by atoms with van der Waals surface area (Å²) in [5.74, 6) is 0.165. The van der Waals surface area contributed by atoms with E-state index in [2.05, 4.69) is 45.9 Å². The lowest BCUT2D eigenvalue weighted by Crippen LogP contribution is -2.20. The first-order chi connectivity index (χ1) is 9.32. The summed E-state index contributed by atoms with van der Waals surface area (Å²) in [5, 5.41) is 0. The molecule has 0 spiro atoms. The molecule has 0 aromatic heterocycles. The van der Waals surface area contributed by atoms with Crippen molar-refractivity contribution in [1.82, 2.24) is 4.90 Å². The first-order valence-electron chi connectivity index (χ1n) is 7.47. The van der Waals surface area contributed by atoms with Crippen molar-refractivity contribution < 1.29 is 4.79 Å². The zero-order valence-electron chi connectivity index (χ0n) is 14.1. The Hall–Kier alpha value is -1.31. The van der Waals surface area contributed by atoms with Gasteiger partial charge >= 0.3 is 0 Å². The van der Waals surface area contributed by atoms with Crippen LogP contribution in [-0.2, 0) is 4.79 Å². The van der Waals surface area contributed by atoms with Crippen LogP contribution in [0.5, 0.6) is 0 Å². The molecule has 0 atom stereocenters. The molecule has 1 amide bonds. The highest BCUT2D eigenvalue weighted by Gasteiger charge is 2.00. The number of hydrogen-bond acceptors (Lipinski definition) is 1. The molecular weight excluding hydrogens is 246 g/mol. The van der Waals surface area contributed by atoms with Crippen LogP contribution < -0.4 is 0 Å². The van der Waals surface area contributed by atoms with Crippen LogP contribution in [-0.4, -0.2) is 24.9 Å². The van der Waals surface area contributed by atoms with E-state index in [0.717, 1.165) is 25.7 Å². The van der Waals surface area contributed by atoms with Gasteiger partial charge in [-0.2, -0.15) is 0 Å². The first-order valence-corrected chi connectivity index (χ1v) is 7.47. The summed E-state index contributed by atoms with van der Waals surface area (Å²) < 4.78 is 0. The lowest BCUT2D eigenvalue weighted by Gasteiger charge is -2.08. The van der Waals surface area contributed by atoms with Crippen LogP contribution in [0.3, 0.4) is 0 Å². The predicted octanol–water partition coefficient (Wildman–Crippen LogP) is 4.88. The normalized spacial score (nSPS) is 12.3. The van der Waals surface area contributed by atoms with Gasteiger partial charge in [0.25, 0.3) is 0 Å². The molecule has 114 valence electrons. The minimum atomic E-state index is 0.165. The van der Waals surface area contributed by atoms with Gasteiger partial charge in [-0.25, -0.2) is 0 Å². The van der Waals surface area contributed by atoms with Gasteiger partial charge in [0.05, 0.1) is 0 Å². The molecule has 0 heterocycles. The fraction of sp³-hybridized carbons (Fsp3) is 0.611. The highest BCUT2D eigenvalue weighted by molar-refractivity contribution is 5.77. The van der Waals surface area contributed by atoms with Crippen molar-refractivity contribution in [3.63, 3.8) is 0 Å². The molecule has 0 saturated heterocycles. The van der Waals surface area contributed by atoms with Crippen molar-refractivity contribution in [2.24, 2.45) is 0 Å². The van der Waals surface area contributed by atoms with Gasteiger partial charge in [-0.1, -0.05) is 34.9 Å². The molecule has 20 heavy (non-hydrogen) atoms. The maximum atomic E-state index is 11.5. The van der Waals surface area contributed by atoms with Crippen molar-refractivity contribution in [3.8, 4) is 0 Å². The smallest absolute Gasteiger partial charge is 0.225 e. The summed E-state index contributed by atoms with van der Waals surface area (Å²) in [6.45, 7) is 8.59. The fourth-order valence-corrected chi connectivity index (χ4v) is 1.78. The van der Waals surface area contributed by atoms with Crippen LogP contribution in [0, 0.1) is 0 Å². The van der Waals surface area contributed by atoms with E-state index >= 15 is 0 Å². The number of nitrogens with zero attached hydrogens (tertiary/aromatic N) is 1. The molecule has 0 unspecified atom stereocenters. The van der Waals surface area contributed by atoms with Gasteiger partial charge in [-0.15, -0.1) is 0 Å². The number of carbonyl (C=O) groups excluding carboxylic acids is 1. The van der Waals surface area contributed by atoms with Crippen molar-refractivity contribution in [1.29, 1.82) is 0 Å². The largest absolute Gasteiger partial charge is 0.349 e. The van der Waals surface area contributed by atoms with E-state index in [1.54, 1.807) is 19.0 Å². The van der Waals surface area contributed by atoms with E-state index in [-0.39, 0.29) is 5.91 Å². The second-order valence-corrected chi connectivity index (χ2v) is 5.95. The maximum Gasteiger partial charge on any atom is 0.225 e. The molecular formula is C18H31NO. The lowest BCUT2D eigenvalue weighted by molar-refractivity contribution is -0.127. The average molecular weight is 277 g/mol. The Labute approximate surface area is 125 Å². The van der Waals surface area contributed by atoms with E-state index in [4.69, 9.17) is 0 Å². The number of rotatable bonds is 8. The van der Waals surface area contributed by atoms with Gasteiger partial charge < -0.3 is 4.90 Å². The Morgan fingerprint density at radius 3 is 1.85 bits per heavy atom. The van der Waals surface area contributed by atoms with Crippen LogP contribution in [0.2, 0.25) is 0 Å². The minimum Gasteiger partial charge on any atom is -0.349 e. The molecule has 0 radical (unpaired) electrons. The zero-order valence-corrected chi connectivity index (χ0v) is 14.1. The quantitative estimate of drug-likeness (QED) is 0.579. The van der Waals surface area contributed by atoms with E-state index < -0.39 is 0 Å². The Morgan fingerprint density at radius 1 is 0.850 bits per heavy atom. The maximum absolute atomic E-state index is 11.5. The van der Waals surface area contributed by atoms with E-state index in [1.165, 1.54) is 16.7 Å². The summed E-state index contributed by atoms with van der Waals surface area (Å²) in [5.41, 5.74) is 4.15. The molecule has 0 fully saturated rings. The van der Waals surface area contributed by atoms with Crippen molar-refractivity contribution in [2.75, 3.05) is 14.1 Å². The molecule has 0 aliphatic rings. The third-order valence-corrected chi connectivity index (χ3v) is 3.25. The van der Waals surface area contributed by atoms with Crippen molar-refractivity contribution >= 4 is 5.91 Å². The molecule has 0 aromatic rings. The monoisotopic (exact) mass is 277 g/mol. The van der Waals surface area contributed by atoms with Crippen LogP contribution in [0.15, 0.2) is 34.9 Å². The Bertz CT molecular complexity index is 382. The van der Waals surface area contributed by atoms with Gasteiger partial charge in [-0.3, -0.25) is 4.79 Å². The summed E-state index contributed by atoms with van der Waals surface area (Å²) in [4.78, 5) is 13.1. The number of carbonyl (C=O) groups is 1. The SMILES string of the molecule is CC(C)=CCCC(C)=CCCC(C)=CCC(=O)N(C)C. The Balaban J connectivity index is 4.00. The van der Waals surface area contributed by atoms with Crippen molar-refractivity contribution in [3.05, 3.63) is 34.9 Å². The molecule has 0 saturated carbocycles. The summed E-state index contributed by atoms with van der Waals surface area (Å²) >= 11 is 0. The average Bonchev–Trinajstić information content (AvgIpc) is 2.35. The molecule has 2 heteroatoms. The van der Waals surface area contributed by atoms with Gasteiger partial charge in [0, 0.05) is 20.5 Å². The standard InChI is InChI=1S/C18H31NO/c1-15(2)9-7-10-16(3)11-8-12-17(4)13-14-18(20)19(5)6/h9,11,13H,7-8,10,12,14H2,1-6H3. The first kappa shape index (κ1) is 18.7. The van der Waals surface area contributed by atoms with Crippen LogP contribution >= 0.6 is 0 Å². The molecule has 0 rings (SSSR count). The van der Waals surface area contributed by atoms with Crippen LogP contribution in [0.25, 0.3) is 0 Å². The summed E-state index contributed by atoms with van der Waals surface area (Å²) in [6, 6.07) is 0. The zero-order chi connectivity index (χ0) is 15.5. The molecule has 0 aliphatic heterocycles. The Kier molecular flexibility index (Phi) is 9.79. The predicted molar refractivity (Wildman–Crippen MR) is 88.7 cm³/mol. The van der Waals surface area contributed by atoms with E-state index in [9.17, 15) is 4.79 Å². The van der Waals surface area contributed by atoms with Crippen LogP contribution in [0.1, 0.15) is 59.8 Å². The minimum absolute atomic E-state index is 0.165. The highest BCUT2D eigenvalue weighted by atomic mass is 16.2. The molecule has 2 nitrogen and oxygen atoms in total.